The topological polar surface area (TPSA) is 97.0 Å². The first-order valence-corrected chi connectivity index (χ1v) is 11.8. The molecule has 3 amide bonds. The van der Waals surface area contributed by atoms with E-state index in [1.165, 1.54) is 0 Å². The van der Waals surface area contributed by atoms with Crippen molar-refractivity contribution in [2.45, 2.75) is 13.0 Å². The van der Waals surface area contributed by atoms with Gasteiger partial charge in [-0.25, -0.2) is 0 Å². The number of anilines is 2. The highest BCUT2D eigenvalue weighted by molar-refractivity contribution is 6.30. The van der Waals surface area contributed by atoms with Crippen molar-refractivity contribution in [1.82, 2.24) is 5.32 Å². The lowest BCUT2D eigenvalue weighted by molar-refractivity contribution is -0.126. The van der Waals surface area contributed by atoms with E-state index in [4.69, 9.17) is 21.1 Å². The number of rotatable bonds is 9. The lowest BCUT2D eigenvalue weighted by Crippen LogP contribution is -2.32. The SMILES string of the molecule is COc1ccccc1CNC(=O)[C@H]1CC(=O)N(c2ccc(OCC(=O)Nc3ccc(Cl)cc3)cc2)C1. The minimum Gasteiger partial charge on any atom is -0.496 e. The number of carbonyl (C=O) groups excluding carboxylic acids is 3. The van der Waals surface area contributed by atoms with E-state index in [2.05, 4.69) is 10.6 Å². The van der Waals surface area contributed by atoms with E-state index in [1.807, 2.05) is 24.3 Å². The average Bonchev–Trinajstić information content (AvgIpc) is 3.29. The van der Waals surface area contributed by atoms with Crippen molar-refractivity contribution in [1.29, 1.82) is 0 Å². The van der Waals surface area contributed by atoms with Gasteiger partial charge in [-0.1, -0.05) is 29.8 Å². The standard InChI is InChI=1S/C27H26ClN3O5/c1-35-24-5-3-2-4-18(24)15-29-27(34)19-14-26(33)31(16-19)22-10-12-23(13-11-22)36-17-25(32)30-21-8-6-20(28)7-9-21/h2-13,19H,14-17H2,1H3,(H,29,34)(H,30,32)/t19-/m0/s1. The number of hydrogen-bond acceptors (Lipinski definition) is 5. The summed E-state index contributed by atoms with van der Waals surface area (Å²) in [4.78, 5) is 39.0. The van der Waals surface area contributed by atoms with Gasteiger partial charge in [0.2, 0.25) is 11.8 Å². The fourth-order valence-electron chi connectivity index (χ4n) is 3.91. The van der Waals surface area contributed by atoms with Crippen molar-refractivity contribution in [2.24, 2.45) is 5.92 Å². The summed E-state index contributed by atoms with van der Waals surface area (Å²) in [6.07, 6.45) is 0.140. The first-order valence-electron chi connectivity index (χ1n) is 11.4. The zero-order valence-corrected chi connectivity index (χ0v) is 20.5. The van der Waals surface area contributed by atoms with Crippen molar-refractivity contribution in [3.8, 4) is 11.5 Å². The highest BCUT2D eigenvalue weighted by Gasteiger charge is 2.35. The third-order valence-corrected chi connectivity index (χ3v) is 6.04. The second kappa shape index (κ2) is 11.6. The molecule has 0 unspecified atom stereocenters. The molecule has 3 aromatic rings. The highest BCUT2D eigenvalue weighted by Crippen LogP contribution is 2.27. The van der Waals surface area contributed by atoms with Gasteiger partial charge in [-0.15, -0.1) is 0 Å². The molecule has 0 spiro atoms. The molecule has 186 valence electrons. The number of methoxy groups -OCH3 is 1. The summed E-state index contributed by atoms with van der Waals surface area (Å²) in [6.45, 7) is 0.449. The molecule has 1 aliphatic rings. The molecule has 36 heavy (non-hydrogen) atoms. The fourth-order valence-corrected chi connectivity index (χ4v) is 4.04. The molecule has 8 nitrogen and oxygen atoms in total. The van der Waals surface area contributed by atoms with E-state index in [1.54, 1.807) is 60.5 Å². The van der Waals surface area contributed by atoms with Crippen LogP contribution in [0.15, 0.2) is 72.8 Å². The second-order valence-corrected chi connectivity index (χ2v) is 8.71. The van der Waals surface area contributed by atoms with Gasteiger partial charge in [0.25, 0.3) is 5.91 Å². The van der Waals surface area contributed by atoms with E-state index in [-0.39, 0.29) is 30.7 Å². The maximum absolute atomic E-state index is 12.7. The molecule has 1 atom stereocenters. The molecule has 1 fully saturated rings. The molecule has 0 aliphatic carbocycles. The Morgan fingerprint density at radius 2 is 1.75 bits per heavy atom. The number of benzene rings is 3. The number of ether oxygens (including phenoxy) is 2. The lowest BCUT2D eigenvalue weighted by atomic mass is 10.1. The molecule has 2 N–H and O–H groups in total. The van der Waals surface area contributed by atoms with Crippen LogP contribution in [0.3, 0.4) is 0 Å². The maximum Gasteiger partial charge on any atom is 0.262 e. The van der Waals surface area contributed by atoms with Crippen molar-refractivity contribution >= 4 is 40.7 Å². The molecule has 0 aromatic heterocycles. The van der Waals surface area contributed by atoms with Gasteiger partial charge in [-0.3, -0.25) is 14.4 Å². The molecule has 1 saturated heterocycles. The Morgan fingerprint density at radius 3 is 2.47 bits per heavy atom. The van der Waals surface area contributed by atoms with Gasteiger partial charge in [0.1, 0.15) is 11.5 Å². The molecular formula is C27H26ClN3O5. The molecular weight excluding hydrogens is 482 g/mol. The third kappa shape index (κ3) is 6.34. The highest BCUT2D eigenvalue weighted by atomic mass is 35.5. The minimum atomic E-state index is -0.445. The number of amides is 3. The van der Waals surface area contributed by atoms with Crippen LogP contribution < -0.4 is 25.0 Å². The van der Waals surface area contributed by atoms with Crippen molar-refractivity contribution in [3.63, 3.8) is 0 Å². The first kappa shape index (κ1) is 25.1. The molecule has 0 radical (unpaired) electrons. The molecule has 4 rings (SSSR count). The van der Waals surface area contributed by atoms with E-state index >= 15 is 0 Å². The summed E-state index contributed by atoms with van der Waals surface area (Å²) in [7, 11) is 1.58. The van der Waals surface area contributed by atoms with E-state index in [0.717, 1.165) is 5.56 Å². The summed E-state index contributed by atoms with van der Waals surface area (Å²) in [5.74, 6) is 0.138. The Kier molecular flexibility index (Phi) is 8.07. The van der Waals surface area contributed by atoms with Crippen molar-refractivity contribution in [3.05, 3.63) is 83.4 Å². The fraction of sp³-hybridized carbons (Fsp3) is 0.222. The molecule has 1 heterocycles. The normalized spacial score (nSPS) is 14.9. The smallest absolute Gasteiger partial charge is 0.262 e. The van der Waals surface area contributed by atoms with E-state index in [0.29, 0.717) is 41.0 Å². The predicted octanol–water partition coefficient (Wildman–Crippen LogP) is 4.04. The van der Waals surface area contributed by atoms with Crippen LogP contribution >= 0.6 is 11.6 Å². The van der Waals surface area contributed by atoms with Gasteiger partial charge < -0.3 is 25.0 Å². The van der Waals surface area contributed by atoms with Gasteiger partial charge in [-0.05, 0) is 54.6 Å². The van der Waals surface area contributed by atoms with Crippen LogP contribution in [0.2, 0.25) is 5.02 Å². The van der Waals surface area contributed by atoms with Crippen LogP contribution in [0.1, 0.15) is 12.0 Å². The van der Waals surface area contributed by atoms with Gasteiger partial charge >= 0.3 is 0 Å². The van der Waals surface area contributed by atoms with E-state index < -0.39 is 5.92 Å². The van der Waals surface area contributed by atoms with Crippen LogP contribution in [-0.2, 0) is 20.9 Å². The van der Waals surface area contributed by atoms with Crippen LogP contribution in [0.5, 0.6) is 11.5 Å². The minimum absolute atomic E-state index is 0.122. The second-order valence-electron chi connectivity index (χ2n) is 8.27. The summed E-state index contributed by atoms with van der Waals surface area (Å²) < 4.78 is 10.9. The number of halogens is 1. The zero-order valence-electron chi connectivity index (χ0n) is 19.7. The number of hydrogen-bond donors (Lipinski definition) is 2. The maximum atomic E-state index is 12.7. The quantitative estimate of drug-likeness (QED) is 0.455. The summed E-state index contributed by atoms with van der Waals surface area (Å²) in [6, 6.07) is 21.1. The molecule has 0 saturated carbocycles. The molecule has 3 aromatic carbocycles. The zero-order chi connectivity index (χ0) is 25.5. The number of nitrogens with zero attached hydrogens (tertiary/aromatic N) is 1. The average molecular weight is 508 g/mol. The molecule has 9 heteroatoms. The Bertz CT molecular complexity index is 1230. The predicted molar refractivity (Wildman–Crippen MR) is 137 cm³/mol. The van der Waals surface area contributed by atoms with Crippen molar-refractivity contribution in [2.75, 3.05) is 30.5 Å². The largest absolute Gasteiger partial charge is 0.496 e. The van der Waals surface area contributed by atoms with Crippen molar-refractivity contribution < 1.29 is 23.9 Å². The Morgan fingerprint density at radius 1 is 1.03 bits per heavy atom. The Hall–Kier alpha value is -4.04. The summed E-state index contributed by atoms with van der Waals surface area (Å²) in [5.41, 5.74) is 2.15. The van der Waals surface area contributed by atoms with Gasteiger partial charge in [0.15, 0.2) is 6.61 Å². The molecule has 1 aliphatic heterocycles. The summed E-state index contributed by atoms with van der Waals surface area (Å²) in [5, 5.41) is 6.21. The third-order valence-electron chi connectivity index (χ3n) is 5.79. The van der Waals surface area contributed by atoms with Crippen LogP contribution in [-0.4, -0.2) is 38.0 Å². The first-order chi connectivity index (χ1) is 17.4. The lowest BCUT2D eigenvalue weighted by Gasteiger charge is -2.17. The Balaban J connectivity index is 1.27. The number of nitrogens with one attached hydrogen (secondary N) is 2. The van der Waals surface area contributed by atoms with Gasteiger partial charge in [0, 0.05) is 41.5 Å². The van der Waals surface area contributed by atoms with Gasteiger partial charge in [0.05, 0.1) is 13.0 Å². The molecule has 0 bridgehead atoms. The van der Waals surface area contributed by atoms with Crippen LogP contribution in [0, 0.1) is 5.92 Å². The van der Waals surface area contributed by atoms with Gasteiger partial charge in [-0.2, -0.15) is 0 Å². The summed E-state index contributed by atoms with van der Waals surface area (Å²) >= 11 is 5.84. The van der Waals surface area contributed by atoms with Crippen LogP contribution in [0.4, 0.5) is 11.4 Å². The number of para-hydroxylation sites is 1. The number of carbonyl (C=O) groups is 3. The monoisotopic (exact) mass is 507 g/mol. The Labute approximate surface area is 214 Å². The van der Waals surface area contributed by atoms with E-state index in [9.17, 15) is 14.4 Å². The van der Waals surface area contributed by atoms with Crippen LogP contribution in [0.25, 0.3) is 0 Å².